The van der Waals surface area contributed by atoms with E-state index in [0.29, 0.717) is 36.9 Å². The number of nitrogens with one attached hydrogen (secondary N) is 1. The van der Waals surface area contributed by atoms with E-state index in [1.54, 1.807) is 12.1 Å². The molecule has 2 aromatic heterocycles. The first-order chi connectivity index (χ1) is 15.6. The molecular weight excluding hydrogens is 483 g/mol. The molecule has 0 aliphatic heterocycles. The van der Waals surface area contributed by atoms with Gasteiger partial charge in [-0.3, -0.25) is 14.6 Å². The van der Waals surface area contributed by atoms with Crippen molar-refractivity contribution in [3.05, 3.63) is 95.0 Å². The molecule has 1 N–H and O–H groups in total. The summed E-state index contributed by atoms with van der Waals surface area (Å²) in [6.45, 7) is 5.35. The third-order valence-corrected chi connectivity index (χ3v) is 7.21. The van der Waals surface area contributed by atoms with Crippen LogP contribution in [0.15, 0.2) is 58.3 Å². The van der Waals surface area contributed by atoms with E-state index in [0.717, 1.165) is 16.4 Å². The molecule has 4 aromatic rings. The fourth-order valence-corrected chi connectivity index (χ4v) is 5.58. The highest BCUT2D eigenvalue weighted by molar-refractivity contribution is 7.14. The van der Waals surface area contributed by atoms with Gasteiger partial charge >= 0.3 is 5.69 Å². The zero-order chi connectivity index (χ0) is 23.9. The third kappa shape index (κ3) is 4.29. The number of Topliss-reactive ketones (excluding diaryl/α,β-unsaturated/α-hetero) is 1. The van der Waals surface area contributed by atoms with Crippen LogP contribution in [0.2, 0.25) is 10.0 Å². The van der Waals surface area contributed by atoms with Crippen molar-refractivity contribution in [1.82, 2.24) is 19.7 Å². The summed E-state index contributed by atoms with van der Waals surface area (Å²) in [5.41, 5.74) is 0.291. The predicted octanol–water partition coefficient (Wildman–Crippen LogP) is 4.88. The molecule has 0 radical (unpaired) electrons. The van der Waals surface area contributed by atoms with Crippen LogP contribution in [0, 0.1) is 0 Å². The highest BCUT2D eigenvalue weighted by Crippen LogP contribution is 2.44. The lowest BCUT2D eigenvalue weighted by molar-refractivity contribution is 0.102. The molecule has 0 saturated carbocycles. The fraction of sp³-hybridized carbons (Fsp3) is 0.174. The van der Waals surface area contributed by atoms with Crippen molar-refractivity contribution in [2.45, 2.75) is 26.2 Å². The molecule has 0 atom stereocenters. The van der Waals surface area contributed by atoms with E-state index in [-0.39, 0.29) is 5.78 Å². The molecule has 10 heteroatoms. The molecule has 33 heavy (non-hydrogen) atoms. The highest BCUT2D eigenvalue weighted by Gasteiger charge is 2.34. The molecule has 0 saturated heterocycles. The number of carbonyl (C=O) groups is 1. The van der Waals surface area contributed by atoms with Gasteiger partial charge in [0.15, 0.2) is 5.78 Å². The molecule has 2 heterocycles. The number of benzene rings is 2. The highest BCUT2D eigenvalue weighted by atomic mass is 35.5. The van der Waals surface area contributed by atoms with E-state index in [2.05, 4.69) is 10.1 Å². The van der Waals surface area contributed by atoms with Gasteiger partial charge in [0.1, 0.15) is 11.2 Å². The molecule has 0 amide bonds. The van der Waals surface area contributed by atoms with Crippen molar-refractivity contribution in [3.63, 3.8) is 0 Å². The Balaban J connectivity index is 1.85. The van der Waals surface area contributed by atoms with E-state index in [1.165, 1.54) is 18.3 Å². The van der Waals surface area contributed by atoms with Crippen molar-refractivity contribution in [2.24, 2.45) is 0 Å². The minimum Gasteiger partial charge on any atom is -0.294 e. The maximum absolute atomic E-state index is 12.4. The number of hydrogen-bond donors (Lipinski definition) is 1. The Bertz CT molecular complexity index is 1470. The van der Waals surface area contributed by atoms with Crippen molar-refractivity contribution < 1.29 is 4.79 Å². The van der Waals surface area contributed by atoms with E-state index >= 15 is 0 Å². The van der Waals surface area contributed by atoms with Crippen LogP contribution in [-0.2, 0) is 5.41 Å². The van der Waals surface area contributed by atoms with Gasteiger partial charge in [0.25, 0.3) is 5.56 Å². The van der Waals surface area contributed by atoms with Gasteiger partial charge in [-0.15, -0.1) is 11.3 Å². The van der Waals surface area contributed by atoms with Gasteiger partial charge in [0.2, 0.25) is 0 Å². The molecule has 2 aromatic carbocycles. The van der Waals surface area contributed by atoms with Crippen molar-refractivity contribution in [3.8, 4) is 16.9 Å². The molecule has 168 valence electrons. The molecule has 0 unspecified atom stereocenters. The van der Waals surface area contributed by atoms with Crippen molar-refractivity contribution in [1.29, 1.82) is 0 Å². The Morgan fingerprint density at radius 1 is 1.09 bits per heavy atom. The van der Waals surface area contributed by atoms with Crippen LogP contribution < -0.4 is 11.2 Å². The van der Waals surface area contributed by atoms with Crippen LogP contribution in [-0.4, -0.2) is 25.5 Å². The molecule has 7 nitrogen and oxygen atoms in total. The third-order valence-electron chi connectivity index (χ3n) is 5.14. The van der Waals surface area contributed by atoms with Gasteiger partial charge in [-0.1, -0.05) is 53.5 Å². The smallest absolute Gasteiger partial charge is 0.294 e. The van der Waals surface area contributed by atoms with Gasteiger partial charge in [0.05, 0.1) is 16.3 Å². The summed E-state index contributed by atoms with van der Waals surface area (Å²) in [6, 6.07) is 12.6. The molecule has 0 fully saturated rings. The Morgan fingerprint density at radius 2 is 1.73 bits per heavy atom. The number of aromatic nitrogens is 4. The molecule has 0 aliphatic carbocycles. The monoisotopic (exact) mass is 500 g/mol. The van der Waals surface area contributed by atoms with Crippen LogP contribution in [0.3, 0.4) is 0 Å². The predicted molar refractivity (Wildman–Crippen MR) is 130 cm³/mol. The SMILES string of the molecule is CC(=O)c1sc(C(C)(C)c2c(Cl)cc(-n3ncc(=O)[nH]c3=O)cc2Cl)nc1-c1ccccc1. The average Bonchev–Trinajstić information content (AvgIpc) is 3.20. The maximum atomic E-state index is 12.4. The van der Waals surface area contributed by atoms with Gasteiger partial charge in [-0.25, -0.2) is 9.78 Å². The second kappa shape index (κ2) is 8.70. The van der Waals surface area contributed by atoms with Crippen LogP contribution in [0.25, 0.3) is 16.9 Å². The number of rotatable bonds is 5. The number of H-pyrrole nitrogens is 1. The summed E-state index contributed by atoms with van der Waals surface area (Å²) < 4.78 is 1.00. The van der Waals surface area contributed by atoms with Crippen LogP contribution in [0.1, 0.15) is 41.0 Å². The first-order valence-corrected chi connectivity index (χ1v) is 11.4. The number of thiazole rings is 1. The van der Waals surface area contributed by atoms with E-state index in [9.17, 15) is 14.4 Å². The summed E-state index contributed by atoms with van der Waals surface area (Å²) in [4.78, 5) is 43.3. The van der Waals surface area contributed by atoms with E-state index in [1.807, 2.05) is 44.2 Å². The largest absolute Gasteiger partial charge is 0.349 e. The standard InChI is InChI=1S/C23H18Cl2N4O3S/c1-12(30)20-19(13-7-5-4-6-8-13)28-21(33-20)23(2,3)18-15(24)9-14(10-16(18)25)29-22(32)27-17(31)11-26-29/h4-11H,1-3H3,(H,27,31,32). The molecule has 0 aliphatic rings. The van der Waals surface area contributed by atoms with Crippen LogP contribution in [0.5, 0.6) is 0 Å². The number of ketones is 1. The normalized spacial score (nSPS) is 11.5. The first-order valence-electron chi connectivity index (χ1n) is 9.86. The van der Waals surface area contributed by atoms with Crippen molar-refractivity contribution in [2.75, 3.05) is 0 Å². The second-order valence-electron chi connectivity index (χ2n) is 7.88. The Hall–Kier alpha value is -3.07. The number of halogens is 2. The number of hydrogen-bond acceptors (Lipinski definition) is 6. The van der Waals surface area contributed by atoms with E-state index < -0.39 is 16.7 Å². The van der Waals surface area contributed by atoms with Gasteiger partial charge in [-0.05, 0) is 26.0 Å². The Kier molecular flexibility index (Phi) is 6.09. The number of aromatic amines is 1. The summed E-state index contributed by atoms with van der Waals surface area (Å²) in [7, 11) is 0. The number of nitrogens with zero attached hydrogens (tertiary/aromatic N) is 3. The second-order valence-corrected chi connectivity index (χ2v) is 9.69. The van der Waals surface area contributed by atoms with Gasteiger partial charge in [0, 0.05) is 33.5 Å². The quantitative estimate of drug-likeness (QED) is 0.393. The Labute approximate surface area is 202 Å². The zero-order valence-electron chi connectivity index (χ0n) is 17.8. The summed E-state index contributed by atoms with van der Waals surface area (Å²) >= 11 is 14.6. The lowest BCUT2D eigenvalue weighted by atomic mass is 9.85. The summed E-state index contributed by atoms with van der Waals surface area (Å²) in [5, 5.41) is 5.10. The minimum absolute atomic E-state index is 0.0792. The van der Waals surface area contributed by atoms with E-state index in [4.69, 9.17) is 28.2 Å². The molecular formula is C23H18Cl2N4O3S. The number of carbonyl (C=O) groups excluding carboxylic acids is 1. The van der Waals surface area contributed by atoms with Crippen LogP contribution >= 0.6 is 34.5 Å². The molecule has 4 rings (SSSR count). The Morgan fingerprint density at radius 3 is 2.30 bits per heavy atom. The topological polar surface area (TPSA) is 97.7 Å². The lowest BCUT2D eigenvalue weighted by Gasteiger charge is -2.25. The van der Waals surface area contributed by atoms with Crippen LogP contribution in [0.4, 0.5) is 0 Å². The fourth-order valence-electron chi connectivity index (χ4n) is 3.54. The summed E-state index contributed by atoms with van der Waals surface area (Å²) in [6.07, 6.45) is 0.991. The minimum atomic E-state index is -0.752. The first kappa shape index (κ1) is 23.1. The zero-order valence-corrected chi connectivity index (χ0v) is 20.2. The van der Waals surface area contributed by atoms with Gasteiger partial charge in [-0.2, -0.15) is 9.78 Å². The van der Waals surface area contributed by atoms with Gasteiger partial charge < -0.3 is 0 Å². The molecule has 0 spiro atoms. The molecule has 0 bridgehead atoms. The van der Waals surface area contributed by atoms with Crippen molar-refractivity contribution >= 4 is 40.3 Å². The lowest BCUT2D eigenvalue weighted by Crippen LogP contribution is -2.30. The maximum Gasteiger partial charge on any atom is 0.349 e. The summed E-state index contributed by atoms with van der Waals surface area (Å²) in [5.74, 6) is -0.0792. The average molecular weight is 501 g/mol.